The van der Waals surface area contributed by atoms with Gasteiger partial charge < -0.3 is 9.73 Å². The third-order valence-corrected chi connectivity index (χ3v) is 4.63. The molecule has 1 aliphatic carbocycles. The third kappa shape index (κ3) is 3.65. The fourth-order valence-corrected chi connectivity index (χ4v) is 3.00. The van der Waals surface area contributed by atoms with E-state index in [0.717, 1.165) is 23.1 Å². The molecule has 5 heteroatoms. The first-order valence-corrected chi connectivity index (χ1v) is 8.68. The Labute approximate surface area is 146 Å². The van der Waals surface area contributed by atoms with Gasteiger partial charge in [-0.2, -0.15) is 5.10 Å². The van der Waals surface area contributed by atoms with Gasteiger partial charge in [0.15, 0.2) is 5.82 Å². The molecule has 0 radical (unpaired) electrons. The van der Waals surface area contributed by atoms with Crippen molar-refractivity contribution in [3.8, 4) is 5.69 Å². The molecule has 4 rings (SSSR count). The molecule has 3 aromatic rings. The molecule has 1 saturated carbocycles. The molecule has 1 fully saturated rings. The first kappa shape index (κ1) is 15.7. The highest BCUT2D eigenvalue weighted by Gasteiger charge is 2.36. The average molecular weight is 335 g/mol. The first-order valence-electron chi connectivity index (χ1n) is 8.68. The van der Waals surface area contributed by atoms with E-state index in [0.29, 0.717) is 24.6 Å². The van der Waals surface area contributed by atoms with E-state index in [4.69, 9.17) is 4.42 Å². The summed E-state index contributed by atoms with van der Waals surface area (Å²) < 4.78 is 7.58. The second kappa shape index (κ2) is 6.59. The van der Waals surface area contributed by atoms with Crippen LogP contribution in [0.1, 0.15) is 37.2 Å². The lowest BCUT2D eigenvalue weighted by Crippen LogP contribution is -2.13. The minimum atomic E-state index is -0.0592. The Bertz CT molecular complexity index is 866. The molecule has 0 aliphatic heterocycles. The van der Waals surface area contributed by atoms with Gasteiger partial charge in [0.2, 0.25) is 5.91 Å². The molecule has 2 atom stereocenters. The van der Waals surface area contributed by atoms with Gasteiger partial charge in [-0.3, -0.25) is 4.79 Å². The number of rotatable bonds is 6. The Kier molecular flexibility index (Phi) is 4.14. The molecule has 1 aliphatic rings. The molecule has 5 nitrogen and oxygen atoms in total. The van der Waals surface area contributed by atoms with Crippen LogP contribution in [-0.2, 0) is 11.2 Å². The highest BCUT2D eigenvalue weighted by molar-refractivity contribution is 5.89. The van der Waals surface area contributed by atoms with Crippen molar-refractivity contribution in [1.29, 1.82) is 0 Å². The molecule has 1 aromatic carbocycles. The summed E-state index contributed by atoms with van der Waals surface area (Å²) in [5, 5.41) is 7.22. The monoisotopic (exact) mass is 335 g/mol. The quantitative estimate of drug-likeness (QED) is 0.736. The van der Waals surface area contributed by atoms with Gasteiger partial charge in [-0.25, -0.2) is 4.68 Å². The Balaban J connectivity index is 1.30. The lowest BCUT2D eigenvalue weighted by atomic mass is 10.2. The SMILES string of the molecule is CC1CC1c1ccc(CCC(=O)Nc2ccn(-c3ccccc3)n2)o1. The van der Waals surface area contributed by atoms with Crippen molar-refractivity contribution < 1.29 is 9.21 Å². The number of hydrogen-bond acceptors (Lipinski definition) is 3. The topological polar surface area (TPSA) is 60.1 Å². The summed E-state index contributed by atoms with van der Waals surface area (Å²) in [4.78, 5) is 12.1. The largest absolute Gasteiger partial charge is 0.466 e. The van der Waals surface area contributed by atoms with Crippen molar-refractivity contribution in [1.82, 2.24) is 9.78 Å². The minimum Gasteiger partial charge on any atom is -0.466 e. The van der Waals surface area contributed by atoms with Crippen LogP contribution in [0.4, 0.5) is 5.82 Å². The summed E-state index contributed by atoms with van der Waals surface area (Å²) in [7, 11) is 0. The van der Waals surface area contributed by atoms with Crippen LogP contribution < -0.4 is 5.32 Å². The molecule has 128 valence electrons. The van der Waals surface area contributed by atoms with Crippen LogP contribution in [0.2, 0.25) is 0 Å². The molecule has 1 N–H and O–H groups in total. The summed E-state index contributed by atoms with van der Waals surface area (Å²) in [5.41, 5.74) is 0.959. The Morgan fingerprint density at radius 1 is 1.24 bits per heavy atom. The Hall–Kier alpha value is -2.82. The van der Waals surface area contributed by atoms with Gasteiger partial charge in [0, 0.05) is 31.0 Å². The first-order chi connectivity index (χ1) is 12.2. The van der Waals surface area contributed by atoms with Gasteiger partial charge >= 0.3 is 0 Å². The molecule has 2 unspecified atom stereocenters. The van der Waals surface area contributed by atoms with Crippen molar-refractivity contribution in [2.45, 2.75) is 32.1 Å². The second-order valence-corrected chi connectivity index (χ2v) is 6.65. The molecule has 0 spiro atoms. The van der Waals surface area contributed by atoms with Gasteiger partial charge in [-0.15, -0.1) is 0 Å². The number of carbonyl (C=O) groups excluding carboxylic acids is 1. The maximum atomic E-state index is 12.1. The van der Waals surface area contributed by atoms with Crippen molar-refractivity contribution >= 4 is 11.7 Å². The number of nitrogens with zero attached hydrogens (tertiary/aromatic N) is 2. The number of para-hydroxylation sites is 1. The summed E-state index contributed by atoms with van der Waals surface area (Å²) in [6.45, 7) is 2.23. The number of anilines is 1. The molecular weight excluding hydrogens is 314 g/mol. The normalized spacial score (nSPS) is 18.9. The molecule has 0 bridgehead atoms. The van der Waals surface area contributed by atoms with Gasteiger partial charge in [-0.1, -0.05) is 25.1 Å². The van der Waals surface area contributed by atoms with Crippen molar-refractivity contribution in [3.63, 3.8) is 0 Å². The average Bonchev–Trinajstić information content (AvgIpc) is 3.04. The maximum absolute atomic E-state index is 12.1. The number of hydrogen-bond donors (Lipinski definition) is 1. The van der Waals surface area contributed by atoms with Crippen LogP contribution in [0.15, 0.2) is 59.1 Å². The van der Waals surface area contributed by atoms with Gasteiger partial charge in [0.1, 0.15) is 11.5 Å². The molecule has 25 heavy (non-hydrogen) atoms. The van der Waals surface area contributed by atoms with Crippen molar-refractivity contribution in [3.05, 3.63) is 66.2 Å². The Morgan fingerprint density at radius 2 is 2.04 bits per heavy atom. The highest BCUT2D eigenvalue weighted by atomic mass is 16.3. The van der Waals surface area contributed by atoms with Gasteiger partial charge in [0.05, 0.1) is 5.69 Å². The van der Waals surface area contributed by atoms with Gasteiger partial charge in [-0.05, 0) is 36.6 Å². The van der Waals surface area contributed by atoms with E-state index in [1.807, 2.05) is 48.7 Å². The Morgan fingerprint density at radius 3 is 2.80 bits per heavy atom. The standard InChI is InChI=1S/C20H21N3O2/c1-14-13-17(14)18-9-7-16(25-18)8-10-20(24)21-19-11-12-23(22-19)15-5-3-2-4-6-15/h2-7,9,11-12,14,17H,8,10,13H2,1H3,(H,21,22,24). The number of nitrogens with one attached hydrogen (secondary N) is 1. The van der Waals surface area contributed by atoms with Crippen LogP contribution in [-0.4, -0.2) is 15.7 Å². The van der Waals surface area contributed by atoms with E-state index >= 15 is 0 Å². The van der Waals surface area contributed by atoms with Crippen LogP contribution in [0.5, 0.6) is 0 Å². The smallest absolute Gasteiger partial charge is 0.226 e. The summed E-state index contributed by atoms with van der Waals surface area (Å²) >= 11 is 0. The zero-order chi connectivity index (χ0) is 17.2. The van der Waals surface area contributed by atoms with Gasteiger partial charge in [0.25, 0.3) is 0 Å². The number of aryl methyl sites for hydroxylation is 1. The maximum Gasteiger partial charge on any atom is 0.226 e. The third-order valence-electron chi connectivity index (χ3n) is 4.63. The molecular formula is C20H21N3O2. The highest BCUT2D eigenvalue weighted by Crippen LogP contribution is 2.47. The van der Waals surface area contributed by atoms with Crippen LogP contribution in [0.3, 0.4) is 0 Å². The van der Waals surface area contributed by atoms with Crippen LogP contribution in [0, 0.1) is 5.92 Å². The van der Waals surface area contributed by atoms with E-state index in [9.17, 15) is 4.79 Å². The number of carbonyl (C=O) groups is 1. The minimum absolute atomic E-state index is 0.0592. The fraction of sp³-hybridized carbons (Fsp3) is 0.300. The van der Waals surface area contributed by atoms with Crippen LogP contribution >= 0.6 is 0 Å². The van der Waals surface area contributed by atoms with E-state index < -0.39 is 0 Å². The number of benzene rings is 1. The van der Waals surface area contributed by atoms with E-state index in [-0.39, 0.29) is 5.91 Å². The lowest BCUT2D eigenvalue weighted by Gasteiger charge is -2.02. The molecule has 2 aromatic heterocycles. The van der Waals surface area contributed by atoms with Crippen molar-refractivity contribution in [2.75, 3.05) is 5.32 Å². The number of furan rings is 1. The van der Waals surface area contributed by atoms with Crippen LogP contribution in [0.25, 0.3) is 5.69 Å². The number of aromatic nitrogens is 2. The summed E-state index contributed by atoms with van der Waals surface area (Å²) in [5.74, 6) is 3.73. The number of amides is 1. The zero-order valence-corrected chi connectivity index (χ0v) is 14.2. The van der Waals surface area contributed by atoms with Crippen molar-refractivity contribution in [2.24, 2.45) is 5.92 Å². The molecule has 1 amide bonds. The predicted molar refractivity (Wildman–Crippen MR) is 95.7 cm³/mol. The predicted octanol–water partition coefficient (Wildman–Crippen LogP) is 4.16. The van der Waals surface area contributed by atoms with E-state index in [2.05, 4.69) is 17.3 Å². The lowest BCUT2D eigenvalue weighted by molar-refractivity contribution is -0.116. The zero-order valence-electron chi connectivity index (χ0n) is 14.2. The summed E-state index contributed by atoms with van der Waals surface area (Å²) in [6, 6.07) is 15.6. The van der Waals surface area contributed by atoms with E-state index in [1.165, 1.54) is 6.42 Å². The fourth-order valence-electron chi connectivity index (χ4n) is 3.00. The summed E-state index contributed by atoms with van der Waals surface area (Å²) in [6.07, 6.45) is 4.02. The second-order valence-electron chi connectivity index (χ2n) is 6.65. The molecule has 0 saturated heterocycles. The van der Waals surface area contributed by atoms with E-state index in [1.54, 1.807) is 10.7 Å². The molecule has 2 heterocycles.